The van der Waals surface area contributed by atoms with Crippen LogP contribution in [0, 0.1) is 0 Å². The fourth-order valence-corrected chi connectivity index (χ4v) is 3.91. The number of thiazole rings is 1. The summed E-state index contributed by atoms with van der Waals surface area (Å²) >= 11 is 1.49. The number of hydrogen-bond donors (Lipinski definition) is 1. The van der Waals surface area contributed by atoms with Gasteiger partial charge in [0.25, 0.3) is 5.91 Å². The van der Waals surface area contributed by atoms with Crippen molar-refractivity contribution in [1.82, 2.24) is 9.88 Å². The molecule has 1 amide bonds. The first kappa shape index (κ1) is 17.9. The van der Waals surface area contributed by atoms with Gasteiger partial charge < -0.3 is 15.4 Å². The van der Waals surface area contributed by atoms with Gasteiger partial charge in [0.2, 0.25) is 0 Å². The third kappa shape index (κ3) is 4.19. The van der Waals surface area contributed by atoms with Gasteiger partial charge in [0.1, 0.15) is 16.5 Å². The largest absolute Gasteiger partial charge is 0.491 e. The smallest absolute Gasteiger partial charge is 0.273 e. The van der Waals surface area contributed by atoms with E-state index in [9.17, 15) is 4.79 Å². The highest BCUT2D eigenvalue weighted by atomic mass is 32.1. The van der Waals surface area contributed by atoms with Gasteiger partial charge in [-0.2, -0.15) is 0 Å². The summed E-state index contributed by atoms with van der Waals surface area (Å²) in [5, 5.41) is 2.69. The van der Waals surface area contributed by atoms with E-state index in [-0.39, 0.29) is 18.1 Å². The zero-order valence-corrected chi connectivity index (χ0v) is 15.6. The van der Waals surface area contributed by atoms with Gasteiger partial charge in [-0.1, -0.05) is 0 Å². The molecule has 0 saturated carbocycles. The van der Waals surface area contributed by atoms with Crippen LogP contribution in [-0.2, 0) is 0 Å². The van der Waals surface area contributed by atoms with E-state index >= 15 is 0 Å². The van der Waals surface area contributed by atoms with Gasteiger partial charge in [-0.25, -0.2) is 4.98 Å². The zero-order valence-electron chi connectivity index (χ0n) is 14.8. The van der Waals surface area contributed by atoms with E-state index in [2.05, 4.69) is 4.98 Å². The number of nitrogens with two attached hydrogens (primary N) is 1. The number of ether oxygens (including phenoxy) is 1. The fourth-order valence-electron chi connectivity index (χ4n) is 3.11. The molecule has 2 N–H and O–H groups in total. The normalized spacial score (nSPS) is 17.8. The van der Waals surface area contributed by atoms with Crippen molar-refractivity contribution in [2.24, 2.45) is 5.73 Å². The minimum absolute atomic E-state index is 0.00240. The molecule has 3 rings (SSSR count). The lowest BCUT2D eigenvalue weighted by atomic mass is 10.0. The quantitative estimate of drug-likeness (QED) is 0.886. The van der Waals surface area contributed by atoms with Crippen LogP contribution in [0.3, 0.4) is 0 Å². The Balaban J connectivity index is 1.74. The highest BCUT2D eigenvalue weighted by molar-refractivity contribution is 7.13. The molecule has 0 bridgehead atoms. The third-order valence-corrected chi connectivity index (χ3v) is 5.25. The van der Waals surface area contributed by atoms with Crippen LogP contribution < -0.4 is 10.5 Å². The summed E-state index contributed by atoms with van der Waals surface area (Å²) in [7, 11) is 0. The van der Waals surface area contributed by atoms with Gasteiger partial charge in [-0.05, 0) is 57.4 Å². The average Bonchev–Trinajstić information content (AvgIpc) is 3.11. The number of aromatic nitrogens is 1. The predicted octanol–water partition coefficient (Wildman–Crippen LogP) is 3.55. The first-order valence-corrected chi connectivity index (χ1v) is 9.70. The van der Waals surface area contributed by atoms with Crippen LogP contribution in [0.2, 0.25) is 0 Å². The van der Waals surface area contributed by atoms with Gasteiger partial charge in [0, 0.05) is 30.1 Å². The number of carbonyl (C=O) groups is 1. The molecule has 1 aliphatic heterocycles. The minimum atomic E-state index is -0.00240. The molecular weight excluding hydrogens is 334 g/mol. The van der Waals surface area contributed by atoms with Crippen molar-refractivity contribution >= 4 is 17.2 Å². The topological polar surface area (TPSA) is 68.5 Å². The minimum Gasteiger partial charge on any atom is -0.491 e. The summed E-state index contributed by atoms with van der Waals surface area (Å²) in [6.45, 7) is 5.29. The van der Waals surface area contributed by atoms with Crippen LogP contribution in [0.4, 0.5) is 0 Å². The second-order valence-corrected chi connectivity index (χ2v) is 7.47. The lowest BCUT2D eigenvalue weighted by molar-refractivity contribution is 0.0618. The number of nitrogens with zero attached hydrogens (tertiary/aromatic N) is 2. The fraction of sp³-hybridized carbons (Fsp3) is 0.474. The Labute approximate surface area is 152 Å². The predicted molar refractivity (Wildman–Crippen MR) is 101 cm³/mol. The van der Waals surface area contributed by atoms with Crippen molar-refractivity contribution in [3.8, 4) is 16.3 Å². The number of carbonyl (C=O) groups excluding carboxylic acids is 1. The third-order valence-electron chi connectivity index (χ3n) is 4.36. The molecule has 1 aliphatic rings. The van der Waals surface area contributed by atoms with E-state index in [4.69, 9.17) is 10.5 Å². The number of likely N-dealkylation sites (tertiary alicyclic amines) is 1. The Kier molecular flexibility index (Phi) is 5.71. The van der Waals surface area contributed by atoms with Crippen LogP contribution in [0.25, 0.3) is 10.6 Å². The Morgan fingerprint density at radius 2 is 2.12 bits per heavy atom. The number of piperidine rings is 1. The lowest BCUT2D eigenvalue weighted by Gasteiger charge is -2.34. The Hall–Kier alpha value is -1.92. The van der Waals surface area contributed by atoms with E-state index < -0.39 is 0 Å². The second-order valence-electron chi connectivity index (χ2n) is 6.61. The number of hydrogen-bond acceptors (Lipinski definition) is 5. The van der Waals surface area contributed by atoms with Gasteiger partial charge >= 0.3 is 0 Å². The molecule has 1 aromatic heterocycles. The summed E-state index contributed by atoms with van der Waals surface area (Å²) in [4.78, 5) is 19.2. The van der Waals surface area contributed by atoms with E-state index in [0.717, 1.165) is 42.1 Å². The van der Waals surface area contributed by atoms with E-state index in [1.165, 1.54) is 11.3 Å². The summed E-state index contributed by atoms with van der Waals surface area (Å²) < 4.78 is 5.66. The highest BCUT2D eigenvalue weighted by Crippen LogP contribution is 2.27. The summed E-state index contributed by atoms with van der Waals surface area (Å²) in [6, 6.07) is 7.97. The first-order chi connectivity index (χ1) is 12.1. The van der Waals surface area contributed by atoms with Crippen molar-refractivity contribution < 1.29 is 9.53 Å². The molecule has 1 fully saturated rings. The molecule has 1 aromatic carbocycles. The molecule has 2 aromatic rings. The standard InChI is InChI=1S/C19H25N3O2S/c1-13(2)24-16-8-6-14(7-9-16)18-21-17(12-25-18)19(23)22-10-4-3-5-15(22)11-20/h6-9,12-13,15H,3-5,10-11,20H2,1-2H3. The molecule has 2 heterocycles. The van der Waals surface area contributed by atoms with Crippen LogP contribution >= 0.6 is 11.3 Å². The SMILES string of the molecule is CC(C)Oc1ccc(-c2nc(C(=O)N3CCCCC3CN)cs2)cc1. The van der Waals surface area contributed by atoms with Gasteiger partial charge in [-0.15, -0.1) is 11.3 Å². The van der Waals surface area contributed by atoms with Gasteiger partial charge in [-0.3, -0.25) is 4.79 Å². The molecule has 1 saturated heterocycles. The van der Waals surface area contributed by atoms with E-state index in [1.807, 2.05) is 48.4 Å². The molecule has 134 valence electrons. The summed E-state index contributed by atoms with van der Waals surface area (Å²) in [5.41, 5.74) is 7.34. The summed E-state index contributed by atoms with van der Waals surface area (Å²) in [6.07, 6.45) is 3.31. The summed E-state index contributed by atoms with van der Waals surface area (Å²) in [5.74, 6) is 0.836. The molecule has 0 aliphatic carbocycles. The maximum absolute atomic E-state index is 12.8. The molecule has 1 atom stereocenters. The van der Waals surface area contributed by atoms with Crippen molar-refractivity contribution in [3.63, 3.8) is 0 Å². The Morgan fingerprint density at radius 3 is 2.80 bits per heavy atom. The number of benzene rings is 1. The van der Waals surface area contributed by atoms with Crippen molar-refractivity contribution in [3.05, 3.63) is 35.3 Å². The molecule has 0 radical (unpaired) electrons. The molecule has 5 nitrogen and oxygen atoms in total. The monoisotopic (exact) mass is 359 g/mol. The second kappa shape index (κ2) is 7.97. The maximum Gasteiger partial charge on any atom is 0.273 e. The van der Waals surface area contributed by atoms with Crippen molar-refractivity contribution in [1.29, 1.82) is 0 Å². The van der Waals surface area contributed by atoms with Gasteiger partial charge in [0.15, 0.2) is 0 Å². The number of rotatable bonds is 5. The van der Waals surface area contributed by atoms with Crippen LogP contribution in [-0.4, -0.2) is 41.0 Å². The Morgan fingerprint density at radius 1 is 1.36 bits per heavy atom. The van der Waals surface area contributed by atoms with Crippen molar-refractivity contribution in [2.45, 2.75) is 45.3 Å². The molecule has 6 heteroatoms. The first-order valence-electron chi connectivity index (χ1n) is 8.82. The molecule has 0 spiro atoms. The molecule has 25 heavy (non-hydrogen) atoms. The molecule has 1 unspecified atom stereocenters. The molecular formula is C19H25N3O2S. The highest BCUT2D eigenvalue weighted by Gasteiger charge is 2.27. The maximum atomic E-state index is 12.8. The average molecular weight is 359 g/mol. The zero-order chi connectivity index (χ0) is 17.8. The Bertz CT molecular complexity index is 712. The van der Waals surface area contributed by atoms with E-state index in [1.54, 1.807) is 0 Å². The van der Waals surface area contributed by atoms with Crippen molar-refractivity contribution in [2.75, 3.05) is 13.1 Å². The van der Waals surface area contributed by atoms with Crippen LogP contribution in [0.15, 0.2) is 29.6 Å². The lowest BCUT2D eigenvalue weighted by Crippen LogP contribution is -2.47. The number of amides is 1. The van der Waals surface area contributed by atoms with Crippen LogP contribution in [0.5, 0.6) is 5.75 Å². The van der Waals surface area contributed by atoms with E-state index in [0.29, 0.717) is 12.2 Å². The van der Waals surface area contributed by atoms with Crippen LogP contribution in [0.1, 0.15) is 43.6 Å². The van der Waals surface area contributed by atoms with Gasteiger partial charge in [0.05, 0.1) is 6.10 Å².